The highest BCUT2D eigenvalue weighted by molar-refractivity contribution is 5.26. The summed E-state index contributed by atoms with van der Waals surface area (Å²) >= 11 is 0. The summed E-state index contributed by atoms with van der Waals surface area (Å²) in [5.41, 5.74) is 16.9. The molecule has 0 spiro atoms. The average Bonchev–Trinajstić information content (AvgIpc) is 3.26. The Morgan fingerprint density at radius 1 is 1.10 bits per heavy atom. The molecule has 0 saturated carbocycles. The fourth-order valence-corrected chi connectivity index (χ4v) is 2.84. The number of benzene rings is 1. The van der Waals surface area contributed by atoms with Crippen molar-refractivity contribution in [2.24, 2.45) is 11.5 Å². The topological polar surface area (TPSA) is 73.3 Å². The Morgan fingerprint density at radius 2 is 1.69 bits per heavy atom. The van der Waals surface area contributed by atoms with Gasteiger partial charge in [-0.25, -0.2) is 0 Å². The maximum Gasteiger partial charge on any atom is 0.0465 e. The van der Waals surface area contributed by atoms with E-state index in [1.54, 1.807) is 7.11 Å². The molecule has 1 heterocycles. The minimum atomic E-state index is 0.755. The van der Waals surface area contributed by atoms with Gasteiger partial charge in [0.05, 0.1) is 0 Å². The van der Waals surface area contributed by atoms with Crippen LogP contribution in [-0.2, 0) is 4.74 Å². The van der Waals surface area contributed by atoms with Crippen LogP contribution in [0.1, 0.15) is 77.8 Å². The first-order chi connectivity index (χ1) is 13.9. The molecule has 1 saturated heterocycles. The highest BCUT2D eigenvalue weighted by Crippen LogP contribution is 2.22. The van der Waals surface area contributed by atoms with E-state index in [0.29, 0.717) is 0 Å². The predicted molar refractivity (Wildman–Crippen MR) is 130 cm³/mol. The first-order valence-corrected chi connectivity index (χ1v) is 11.1. The molecular weight excluding hydrogens is 358 g/mol. The maximum atomic E-state index is 5.71. The number of hydrogen-bond donors (Lipinski definition) is 3. The van der Waals surface area contributed by atoms with Crippen LogP contribution < -0.4 is 16.8 Å². The molecule has 1 aromatic rings. The van der Waals surface area contributed by atoms with Gasteiger partial charge < -0.3 is 21.5 Å². The molecule has 1 fully saturated rings. The van der Waals surface area contributed by atoms with E-state index in [1.807, 2.05) is 47.6 Å². The molecule has 5 N–H and O–H groups in total. The largest absolute Gasteiger partial charge is 0.402 e. The molecular formula is C25H47N3O. The van der Waals surface area contributed by atoms with Crippen molar-refractivity contribution in [1.82, 2.24) is 5.32 Å². The maximum absolute atomic E-state index is 5.71. The van der Waals surface area contributed by atoms with Crippen LogP contribution in [0.5, 0.6) is 0 Å². The number of aryl methyl sites for hydroxylation is 1. The molecule has 0 bridgehead atoms. The van der Waals surface area contributed by atoms with Gasteiger partial charge in [-0.3, -0.25) is 0 Å². The first kappa shape index (κ1) is 29.4. The van der Waals surface area contributed by atoms with Gasteiger partial charge >= 0.3 is 0 Å². The number of hydrogen-bond acceptors (Lipinski definition) is 4. The molecule has 4 nitrogen and oxygen atoms in total. The molecule has 0 aromatic heterocycles. The fourth-order valence-electron chi connectivity index (χ4n) is 2.84. The van der Waals surface area contributed by atoms with Crippen LogP contribution in [-0.4, -0.2) is 26.8 Å². The summed E-state index contributed by atoms with van der Waals surface area (Å²) in [4.78, 5) is 0. The standard InChI is InChI=1S/C11H15N.C10H20N2O.2C2H6/c1-9-2-4-10(5-3-9)11-6-7-12-8-11;1-8(11)7-10(9(2)12)5-4-6-13-3;2*1-2/h2-5,11-12H,6-8H2,1H3;7H,4-6,11-12H2,1-3H3;2*1-2H3/b;8-7-,10-9-;;. The number of methoxy groups -OCH3 is 1. The minimum absolute atomic E-state index is 0.755. The van der Waals surface area contributed by atoms with Gasteiger partial charge in [0, 0.05) is 31.7 Å². The second-order valence-electron chi connectivity index (χ2n) is 6.79. The second kappa shape index (κ2) is 19.5. The van der Waals surface area contributed by atoms with E-state index in [1.165, 1.54) is 24.1 Å². The summed E-state index contributed by atoms with van der Waals surface area (Å²) < 4.78 is 4.96. The Morgan fingerprint density at radius 3 is 2.10 bits per heavy atom. The van der Waals surface area contributed by atoms with Crippen molar-refractivity contribution in [3.63, 3.8) is 0 Å². The molecule has 0 aliphatic carbocycles. The van der Waals surface area contributed by atoms with Crippen molar-refractivity contribution < 1.29 is 4.74 Å². The van der Waals surface area contributed by atoms with E-state index >= 15 is 0 Å². The monoisotopic (exact) mass is 405 g/mol. The molecule has 2 rings (SSSR count). The van der Waals surface area contributed by atoms with E-state index in [9.17, 15) is 0 Å². The minimum Gasteiger partial charge on any atom is -0.402 e. The van der Waals surface area contributed by atoms with Crippen LogP contribution in [0, 0.1) is 6.92 Å². The van der Waals surface area contributed by atoms with Crippen LogP contribution in [0.15, 0.2) is 47.3 Å². The van der Waals surface area contributed by atoms with Gasteiger partial charge in [-0.2, -0.15) is 0 Å². The number of nitrogens with one attached hydrogen (secondary N) is 1. The highest BCUT2D eigenvalue weighted by Gasteiger charge is 2.15. The lowest BCUT2D eigenvalue weighted by molar-refractivity contribution is 0.195. The summed E-state index contributed by atoms with van der Waals surface area (Å²) in [6, 6.07) is 8.92. The lowest BCUT2D eigenvalue weighted by atomic mass is 9.98. The van der Waals surface area contributed by atoms with Gasteiger partial charge in [-0.1, -0.05) is 57.5 Å². The summed E-state index contributed by atoms with van der Waals surface area (Å²) in [5, 5.41) is 3.39. The van der Waals surface area contributed by atoms with Gasteiger partial charge in [-0.15, -0.1) is 0 Å². The third kappa shape index (κ3) is 14.8. The quantitative estimate of drug-likeness (QED) is 0.423. The molecule has 0 amide bonds. The van der Waals surface area contributed by atoms with Crippen molar-refractivity contribution in [2.45, 2.75) is 73.6 Å². The Bertz CT molecular complexity index is 548. The SMILES string of the molecule is CC.CC.COCCCC(/C=C(/C)N)=C(\C)N.Cc1ccc(C2CCNC2)cc1. The van der Waals surface area contributed by atoms with Gasteiger partial charge in [0.25, 0.3) is 0 Å². The summed E-state index contributed by atoms with van der Waals surface area (Å²) in [6.07, 6.45) is 5.11. The first-order valence-electron chi connectivity index (χ1n) is 11.1. The normalized spacial score (nSPS) is 16.3. The molecule has 1 aliphatic heterocycles. The van der Waals surface area contributed by atoms with Crippen molar-refractivity contribution in [3.05, 3.63) is 58.4 Å². The Balaban J connectivity index is 0. The smallest absolute Gasteiger partial charge is 0.0465 e. The summed E-state index contributed by atoms with van der Waals surface area (Å²) in [6.45, 7) is 17.0. The van der Waals surface area contributed by atoms with Crippen LogP contribution in [0.3, 0.4) is 0 Å². The van der Waals surface area contributed by atoms with E-state index in [4.69, 9.17) is 16.2 Å². The van der Waals surface area contributed by atoms with E-state index in [-0.39, 0.29) is 0 Å². The number of rotatable bonds is 6. The fraction of sp³-hybridized carbons (Fsp3) is 0.600. The third-order valence-corrected chi connectivity index (χ3v) is 4.31. The zero-order chi connectivity index (χ0) is 22.7. The van der Waals surface area contributed by atoms with Gasteiger partial charge in [-0.05, 0) is 69.7 Å². The van der Waals surface area contributed by atoms with E-state index < -0.39 is 0 Å². The predicted octanol–water partition coefficient (Wildman–Crippen LogP) is 5.63. The molecule has 1 aliphatic rings. The van der Waals surface area contributed by atoms with Crippen LogP contribution in [0.2, 0.25) is 0 Å². The number of ether oxygens (including phenoxy) is 1. The number of allylic oxidation sites excluding steroid dienone is 4. The van der Waals surface area contributed by atoms with Crippen LogP contribution in [0.25, 0.3) is 0 Å². The van der Waals surface area contributed by atoms with Crippen molar-refractivity contribution >= 4 is 0 Å². The van der Waals surface area contributed by atoms with Crippen molar-refractivity contribution in [2.75, 3.05) is 26.8 Å². The zero-order valence-electron chi connectivity index (χ0n) is 20.3. The van der Waals surface area contributed by atoms with E-state index in [2.05, 4.69) is 36.5 Å². The lowest BCUT2D eigenvalue weighted by Gasteiger charge is -2.07. The summed E-state index contributed by atoms with van der Waals surface area (Å²) in [5.74, 6) is 0.755. The average molecular weight is 406 g/mol. The second-order valence-corrected chi connectivity index (χ2v) is 6.79. The lowest BCUT2D eigenvalue weighted by Crippen LogP contribution is -2.07. The van der Waals surface area contributed by atoms with Crippen molar-refractivity contribution in [1.29, 1.82) is 0 Å². The Hall–Kier alpha value is -1.78. The third-order valence-electron chi connectivity index (χ3n) is 4.31. The molecule has 1 atom stereocenters. The van der Waals surface area contributed by atoms with Crippen molar-refractivity contribution in [3.8, 4) is 0 Å². The van der Waals surface area contributed by atoms with Crippen LogP contribution >= 0.6 is 0 Å². The Kier molecular flexibility index (Phi) is 19.8. The summed E-state index contributed by atoms with van der Waals surface area (Å²) in [7, 11) is 1.70. The zero-order valence-corrected chi connectivity index (χ0v) is 20.3. The molecule has 4 heteroatoms. The van der Waals surface area contributed by atoms with Gasteiger partial charge in [0.15, 0.2) is 0 Å². The molecule has 1 aromatic carbocycles. The molecule has 168 valence electrons. The Labute approximate surface area is 180 Å². The van der Waals surface area contributed by atoms with Gasteiger partial charge in [0.2, 0.25) is 0 Å². The molecule has 0 radical (unpaired) electrons. The molecule has 29 heavy (non-hydrogen) atoms. The van der Waals surface area contributed by atoms with Crippen LogP contribution in [0.4, 0.5) is 0 Å². The molecule has 1 unspecified atom stereocenters. The van der Waals surface area contributed by atoms with E-state index in [0.717, 1.165) is 48.9 Å². The highest BCUT2D eigenvalue weighted by atomic mass is 16.5. The number of nitrogens with two attached hydrogens (primary N) is 2. The van der Waals surface area contributed by atoms with Gasteiger partial charge in [0.1, 0.15) is 0 Å².